The van der Waals surface area contributed by atoms with E-state index in [9.17, 15) is 14.4 Å². The lowest BCUT2D eigenvalue weighted by atomic mass is 9.67. The molecule has 3 aliphatic rings. The molecule has 1 N–H and O–H groups in total. The van der Waals surface area contributed by atoms with Gasteiger partial charge in [-0.05, 0) is 89.8 Å². The Kier molecular flexibility index (Phi) is 7.71. The van der Waals surface area contributed by atoms with Crippen molar-refractivity contribution in [3.05, 3.63) is 66.2 Å². The molecule has 3 fully saturated rings. The maximum Gasteiger partial charge on any atom is 0.430 e. The van der Waals surface area contributed by atoms with Gasteiger partial charge in [0.25, 0.3) is 11.8 Å². The number of rotatable bonds is 4. The van der Waals surface area contributed by atoms with Gasteiger partial charge in [0.15, 0.2) is 6.04 Å². The first-order valence-corrected chi connectivity index (χ1v) is 15.3. The number of hydrogen-bond acceptors (Lipinski definition) is 6. The molecule has 2 aliphatic carbocycles. The molecule has 4 amide bonds. The van der Waals surface area contributed by atoms with Crippen LogP contribution in [-0.2, 0) is 19.1 Å². The molecule has 0 aromatic heterocycles. The highest BCUT2D eigenvalue weighted by atomic mass is 16.6. The van der Waals surface area contributed by atoms with Crippen molar-refractivity contribution < 1.29 is 28.7 Å². The summed E-state index contributed by atoms with van der Waals surface area (Å²) < 4.78 is 11.2. The van der Waals surface area contributed by atoms with Gasteiger partial charge in [0.1, 0.15) is 11.2 Å². The first-order valence-electron chi connectivity index (χ1n) is 15.3. The summed E-state index contributed by atoms with van der Waals surface area (Å²) >= 11 is 0. The highest BCUT2D eigenvalue weighted by Crippen LogP contribution is 2.70. The topological polar surface area (TPSA) is 108 Å². The van der Waals surface area contributed by atoms with Crippen LogP contribution in [0.2, 0.25) is 0 Å². The molecule has 44 heavy (non-hydrogen) atoms. The molecule has 4 atom stereocenters. The van der Waals surface area contributed by atoms with Crippen LogP contribution in [0.4, 0.5) is 15.3 Å². The van der Waals surface area contributed by atoms with Crippen molar-refractivity contribution in [2.45, 2.75) is 97.9 Å². The van der Waals surface area contributed by atoms with Crippen molar-refractivity contribution in [1.82, 2.24) is 15.4 Å². The van der Waals surface area contributed by atoms with E-state index in [0.717, 1.165) is 11.4 Å². The molecule has 1 saturated heterocycles. The minimum Gasteiger partial charge on any atom is -0.443 e. The molecule has 10 nitrogen and oxygen atoms in total. The highest BCUT2D eigenvalue weighted by molar-refractivity contribution is 6.06. The second kappa shape index (κ2) is 10.8. The Morgan fingerprint density at radius 3 is 2.02 bits per heavy atom. The largest absolute Gasteiger partial charge is 0.443 e. The summed E-state index contributed by atoms with van der Waals surface area (Å²) in [5.41, 5.74) is 0.591. The van der Waals surface area contributed by atoms with E-state index < -0.39 is 46.8 Å². The molecule has 2 saturated carbocycles. The smallest absolute Gasteiger partial charge is 0.430 e. The minimum atomic E-state index is -1.38. The number of para-hydroxylation sites is 1. The Balaban J connectivity index is 1.65. The van der Waals surface area contributed by atoms with E-state index in [0.29, 0.717) is 24.1 Å². The number of carbonyl (C=O) groups is 4. The maximum absolute atomic E-state index is 15.2. The predicted molar refractivity (Wildman–Crippen MR) is 165 cm³/mol. The predicted octanol–water partition coefficient (Wildman–Crippen LogP) is 6.39. The van der Waals surface area contributed by atoms with Crippen molar-refractivity contribution in [2.24, 2.45) is 16.7 Å². The zero-order valence-corrected chi connectivity index (χ0v) is 26.9. The van der Waals surface area contributed by atoms with Crippen molar-refractivity contribution >= 4 is 29.7 Å². The summed E-state index contributed by atoms with van der Waals surface area (Å²) in [4.78, 5) is 56.8. The van der Waals surface area contributed by atoms with Gasteiger partial charge in [-0.25, -0.2) is 25.0 Å². The van der Waals surface area contributed by atoms with Crippen LogP contribution in [0.3, 0.4) is 0 Å². The Labute approximate surface area is 259 Å². The van der Waals surface area contributed by atoms with Crippen LogP contribution in [0.5, 0.6) is 0 Å². The Bertz CT molecular complexity index is 1430. The monoisotopic (exact) mass is 604 g/mol. The number of amides is 4. The molecule has 1 aliphatic heterocycles. The van der Waals surface area contributed by atoms with Crippen molar-refractivity contribution in [2.75, 3.05) is 5.01 Å². The summed E-state index contributed by atoms with van der Waals surface area (Å²) in [7, 11) is 0. The van der Waals surface area contributed by atoms with Gasteiger partial charge >= 0.3 is 12.2 Å². The fourth-order valence-electron chi connectivity index (χ4n) is 7.34. The first-order chi connectivity index (χ1) is 20.5. The first kappa shape index (κ1) is 31.3. The fourth-order valence-corrected chi connectivity index (χ4v) is 7.34. The number of benzene rings is 2. The van der Waals surface area contributed by atoms with Gasteiger partial charge in [-0.1, -0.05) is 62.4 Å². The van der Waals surface area contributed by atoms with Gasteiger partial charge < -0.3 is 9.47 Å². The number of fused-ring (bicyclic) bond motifs is 1. The Morgan fingerprint density at radius 1 is 0.909 bits per heavy atom. The zero-order chi connectivity index (χ0) is 32.2. The lowest BCUT2D eigenvalue weighted by molar-refractivity contribution is -0.141. The molecule has 10 heteroatoms. The molecule has 1 heterocycles. The Hall–Kier alpha value is -4.08. The van der Waals surface area contributed by atoms with Gasteiger partial charge in [0.05, 0.1) is 17.1 Å². The van der Waals surface area contributed by atoms with Crippen molar-refractivity contribution in [3.8, 4) is 0 Å². The third-order valence-electron chi connectivity index (χ3n) is 9.25. The summed E-state index contributed by atoms with van der Waals surface area (Å²) in [5.74, 6) is -0.398. The number of hydrazine groups is 2. The van der Waals surface area contributed by atoms with Crippen LogP contribution in [0.1, 0.15) is 86.3 Å². The second-order valence-corrected chi connectivity index (χ2v) is 14.6. The summed E-state index contributed by atoms with van der Waals surface area (Å²) in [6, 6.07) is 16.0. The summed E-state index contributed by atoms with van der Waals surface area (Å²) in [6.45, 7) is 14.5. The average Bonchev–Trinajstić information content (AvgIpc) is 3.44. The number of nitrogens with one attached hydrogen (secondary N) is 1. The molecular weight excluding hydrogens is 560 g/mol. The molecule has 2 aromatic carbocycles. The lowest BCUT2D eigenvalue weighted by Crippen LogP contribution is -2.58. The van der Waals surface area contributed by atoms with E-state index in [4.69, 9.17) is 9.47 Å². The van der Waals surface area contributed by atoms with Gasteiger partial charge in [-0.3, -0.25) is 9.59 Å². The average molecular weight is 605 g/mol. The minimum absolute atomic E-state index is 0.122. The molecule has 2 bridgehead atoms. The third-order valence-corrected chi connectivity index (χ3v) is 9.25. The number of carbonyl (C=O) groups excluding carboxylic acids is 4. The van der Waals surface area contributed by atoms with Crippen LogP contribution in [-0.4, -0.2) is 51.3 Å². The van der Waals surface area contributed by atoms with Gasteiger partial charge in [-0.2, -0.15) is 5.01 Å². The second-order valence-electron chi connectivity index (χ2n) is 14.6. The summed E-state index contributed by atoms with van der Waals surface area (Å²) in [5, 5.41) is 3.94. The van der Waals surface area contributed by atoms with E-state index in [1.165, 1.54) is 5.01 Å². The number of hydrogen-bond donors (Lipinski definition) is 1. The normalized spacial score (nSPS) is 24.5. The van der Waals surface area contributed by atoms with Crippen LogP contribution in [0.15, 0.2) is 60.7 Å². The fraction of sp³-hybridized carbons (Fsp3) is 0.529. The third kappa shape index (κ3) is 5.28. The standard InChI is InChI=1S/C34H44N4O6/c1-31(2,3)43-29(41)35-36(30(42)44-32(4,5)6)26(22-15-11-9-12-16-22)27(39)38-25-21-23-19-20-34(25,33(23,7)8)28(40)37(38)24-17-13-10-14-18-24/h9-18,23,25-26H,19-21H2,1-8H3,(H,35,41)/t23-,25-,26+,34+/m1/s1. The summed E-state index contributed by atoms with van der Waals surface area (Å²) in [6.07, 6.45) is 0.369. The van der Waals surface area contributed by atoms with Crippen LogP contribution >= 0.6 is 0 Å². The zero-order valence-electron chi connectivity index (χ0n) is 26.9. The van der Waals surface area contributed by atoms with E-state index in [-0.39, 0.29) is 17.2 Å². The molecule has 5 rings (SSSR count). The highest BCUT2D eigenvalue weighted by Gasteiger charge is 2.75. The number of anilines is 1. The molecule has 0 unspecified atom stereocenters. The van der Waals surface area contributed by atoms with Crippen LogP contribution in [0, 0.1) is 16.7 Å². The Morgan fingerprint density at radius 2 is 1.48 bits per heavy atom. The molecule has 1 spiro atoms. The maximum atomic E-state index is 15.2. The van der Waals surface area contributed by atoms with Gasteiger partial charge in [0.2, 0.25) is 0 Å². The van der Waals surface area contributed by atoms with E-state index >= 15 is 4.79 Å². The van der Waals surface area contributed by atoms with Crippen molar-refractivity contribution in [1.29, 1.82) is 0 Å². The van der Waals surface area contributed by atoms with E-state index in [1.807, 2.05) is 18.2 Å². The molecule has 2 aromatic rings. The van der Waals surface area contributed by atoms with Crippen molar-refractivity contribution in [3.63, 3.8) is 0 Å². The van der Waals surface area contributed by atoms with Crippen LogP contribution in [0.25, 0.3) is 0 Å². The van der Waals surface area contributed by atoms with E-state index in [2.05, 4.69) is 19.3 Å². The SMILES string of the molecule is CC(C)(C)OC(=O)NN(C(=O)OC(C)(C)C)[C@H](C(=O)N1[C@@H]2C[C@H]3CC[C@]2(C(=O)N1c1ccccc1)C3(C)C)c1ccccc1. The quantitative estimate of drug-likeness (QED) is 0.405. The molecular formula is C34H44N4O6. The van der Waals surface area contributed by atoms with Crippen LogP contribution < -0.4 is 10.4 Å². The molecule has 0 radical (unpaired) electrons. The van der Waals surface area contributed by atoms with Gasteiger partial charge in [-0.15, -0.1) is 0 Å². The number of ether oxygens (including phenoxy) is 2. The van der Waals surface area contributed by atoms with Gasteiger partial charge in [0, 0.05) is 0 Å². The van der Waals surface area contributed by atoms with E-state index in [1.54, 1.807) is 89.0 Å². The lowest BCUT2D eigenvalue weighted by Gasteiger charge is -2.39. The number of nitrogens with zero attached hydrogens (tertiary/aromatic N) is 3. The molecule has 236 valence electrons.